The van der Waals surface area contributed by atoms with Crippen molar-refractivity contribution in [3.63, 3.8) is 0 Å². The summed E-state index contributed by atoms with van der Waals surface area (Å²) in [6.07, 6.45) is -1.84. The molecule has 0 bridgehead atoms. The molecule has 4 atom stereocenters. The zero-order valence-electron chi connectivity index (χ0n) is 22.5. The summed E-state index contributed by atoms with van der Waals surface area (Å²) >= 11 is 3.16. The standard InChI is InChI=1S/C29H30BrF3N4O4/c1-16-13-37(14-17(2)41-16)28(39)21-9-19(30)10-23(29(31,32)33)26(21)35-24-7-8-40-15-25(24)36-27(38)22-12-34-11-18-5-3-4-6-20(18)22/h3-6,9-12,16-17,24-25,35H,7-8,13-15H2,1-2H3,(H,36,38)/t16-,17+,24-,25+/m1/s1. The first-order chi connectivity index (χ1) is 19.5. The number of benzene rings is 2. The van der Waals surface area contributed by atoms with E-state index in [4.69, 9.17) is 9.47 Å². The summed E-state index contributed by atoms with van der Waals surface area (Å²) in [5.74, 6) is -0.952. The van der Waals surface area contributed by atoms with Gasteiger partial charge in [0.15, 0.2) is 0 Å². The van der Waals surface area contributed by atoms with Crippen LogP contribution in [0.15, 0.2) is 53.3 Å². The zero-order chi connectivity index (χ0) is 29.3. The number of hydrogen-bond donors (Lipinski definition) is 2. The Balaban J connectivity index is 1.47. The number of alkyl halides is 3. The first-order valence-corrected chi connectivity index (χ1v) is 14.1. The first-order valence-electron chi connectivity index (χ1n) is 13.3. The van der Waals surface area contributed by atoms with Crippen molar-refractivity contribution in [2.75, 3.05) is 31.6 Å². The molecule has 5 rings (SSSR count). The molecule has 8 nitrogen and oxygen atoms in total. The fourth-order valence-corrected chi connectivity index (χ4v) is 5.91. The lowest BCUT2D eigenvalue weighted by molar-refractivity contribution is -0.137. The van der Waals surface area contributed by atoms with E-state index in [1.54, 1.807) is 6.20 Å². The Labute approximate surface area is 243 Å². The van der Waals surface area contributed by atoms with E-state index in [1.807, 2.05) is 38.1 Å². The number of rotatable bonds is 5. The van der Waals surface area contributed by atoms with Crippen molar-refractivity contribution in [1.82, 2.24) is 15.2 Å². The van der Waals surface area contributed by atoms with E-state index in [9.17, 15) is 22.8 Å². The number of fused-ring (bicyclic) bond motifs is 1. The van der Waals surface area contributed by atoms with Crippen molar-refractivity contribution < 1.29 is 32.2 Å². The number of carbonyl (C=O) groups excluding carboxylic acids is 2. The van der Waals surface area contributed by atoms with Crippen molar-refractivity contribution >= 4 is 44.2 Å². The van der Waals surface area contributed by atoms with Crippen LogP contribution in [0.25, 0.3) is 10.8 Å². The maximum absolute atomic E-state index is 14.4. The molecule has 0 saturated carbocycles. The van der Waals surface area contributed by atoms with Gasteiger partial charge in [0, 0.05) is 41.9 Å². The molecule has 2 saturated heterocycles. The van der Waals surface area contributed by atoms with Crippen molar-refractivity contribution in [3.05, 3.63) is 70.0 Å². The molecule has 0 unspecified atom stereocenters. The minimum absolute atomic E-state index is 0.0846. The molecule has 2 fully saturated rings. The summed E-state index contributed by atoms with van der Waals surface area (Å²) < 4.78 is 54.5. The third-order valence-corrected chi connectivity index (χ3v) is 7.72. The van der Waals surface area contributed by atoms with Crippen molar-refractivity contribution in [3.8, 4) is 0 Å². The number of anilines is 1. The third kappa shape index (κ3) is 6.49. The summed E-state index contributed by atoms with van der Waals surface area (Å²) in [5.41, 5.74) is -1.06. The SMILES string of the molecule is C[C@@H]1CN(C(=O)c2cc(Br)cc(C(F)(F)F)c2N[C@@H]2CCOC[C@@H]2NC(=O)c2cncc3ccccc23)C[C@H](C)O1. The molecule has 2 aromatic carbocycles. The lowest BCUT2D eigenvalue weighted by Gasteiger charge is -2.37. The second-order valence-corrected chi connectivity index (χ2v) is 11.4. The highest BCUT2D eigenvalue weighted by atomic mass is 79.9. The number of ether oxygens (including phenoxy) is 2. The maximum atomic E-state index is 14.4. The normalized spacial score (nSPS) is 23.3. The number of morpholine rings is 1. The van der Waals surface area contributed by atoms with E-state index in [2.05, 4.69) is 31.5 Å². The van der Waals surface area contributed by atoms with Gasteiger partial charge in [-0.05, 0) is 37.8 Å². The molecule has 2 N–H and O–H groups in total. The van der Waals surface area contributed by atoms with Gasteiger partial charge in [0.1, 0.15) is 0 Å². The monoisotopic (exact) mass is 634 g/mol. The van der Waals surface area contributed by atoms with Crippen LogP contribution in [0, 0.1) is 0 Å². The Hall–Kier alpha value is -3.22. The molecule has 3 aromatic rings. The Morgan fingerprint density at radius 2 is 1.78 bits per heavy atom. The van der Waals surface area contributed by atoms with E-state index in [-0.39, 0.29) is 54.2 Å². The molecule has 2 amide bonds. The van der Waals surface area contributed by atoms with Gasteiger partial charge in [0.2, 0.25) is 0 Å². The summed E-state index contributed by atoms with van der Waals surface area (Å²) in [7, 11) is 0. The quantitative estimate of drug-likeness (QED) is 0.398. The molecular weight excluding hydrogens is 605 g/mol. The van der Waals surface area contributed by atoms with Gasteiger partial charge in [0.25, 0.3) is 11.8 Å². The van der Waals surface area contributed by atoms with Gasteiger partial charge in [-0.3, -0.25) is 14.6 Å². The number of aromatic nitrogens is 1. The van der Waals surface area contributed by atoms with E-state index in [0.29, 0.717) is 17.4 Å². The Bertz CT molecular complexity index is 1440. The van der Waals surface area contributed by atoms with Gasteiger partial charge in [0.05, 0.1) is 53.3 Å². The summed E-state index contributed by atoms with van der Waals surface area (Å²) in [6, 6.07) is 8.34. The average Bonchev–Trinajstić information content (AvgIpc) is 2.93. The van der Waals surface area contributed by atoms with E-state index in [0.717, 1.165) is 11.5 Å². The van der Waals surface area contributed by atoms with Gasteiger partial charge in [-0.25, -0.2) is 0 Å². The largest absolute Gasteiger partial charge is 0.418 e. The number of halogens is 4. The summed E-state index contributed by atoms with van der Waals surface area (Å²) in [5, 5.41) is 7.42. The van der Waals surface area contributed by atoms with E-state index >= 15 is 0 Å². The van der Waals surface area contributed by atoms with Crippen LogP contribution < -0.4 is 10.6 Å². The summed E-state index contributed by atoms with van der Waals surface area (Å²) in [6.45, 7) is 4.51. The molecule has 0 aliphatic carbocycles. The van der Waals surface area contributed by atoms with E-state index < -0.39 is 35.6 Å². The highest BCUT2D eigenvalue weighted by Crippen LogP contribution is 2.40. The highest BCUT2D eigenvalue weighted by Gasteiger charge is 2.39. The number of hydrogen-bond acceptors (Lipinski definition) is 6. The molecule has 2 aliphatic heterocycles. The maximum Gasteiger partial charge on any atom is 0.418 e. The number of nitrogens with one attached hydrogen (secondary N) is 2. The smallest absolute Gasteiger partial charge is 0.379 e. The Morgan fingerprint density at radius 1 is 1.05 bits per heavy atom. The van der Waals surface area contributed by atoms with Crippen LogP contribution in [-0.4, -0.2) is 72.3 Å². The average molecular weight is 635 g/mol. The minimum Gasteiger partial charge on any atom is -0.379 e. The van der Waals surface area contributed by atoms with Crippen LogP contribution in [0.5, 0.6) is 0 Å². The van der Waals surface area contributed by atoms with Gasteiger partial charge in [-0.2, -0.15) is 13.2 Å². The third-order valence-electron chi connectivity index (χ3n) is 7.26. The lowest BCUT2D eigenvalue weighted by Crippen LogP contribution is -2.53. The van der Waals surface area contributed by atoms with Gasteiger partial charge < -0.3 is 25.0 Å². The fraction of sp³-hybridized carbons (Fsp3) is 0.414. The van der Waals surface area contributed by atoms with Gasteiger partial charge >= 0.3 is 6.18 Å². The van der Waals surface area contributed by atoms with E-state index in [1.165, 1.54) is 17.2 Å². The van der Waals surface area contributed by atoms with Crippen molar-refractivity contribution in [1.29, 1.82) is 0 Å². The molecule has 0 radical (unpaired) electrons. The van der Waals surface area contributed by atoms with Crippen LogP contribution >= 0.6 is 15.9 Å². The Kier molecular flexibility index (Phi) is 8.53. The van der Waals surface area contributed by atoms with Crippen LogP contribution in [0.2, 0.25) is 0 Å². The Morgan fingerprint density at radius 3 is 2.51 bits per heavy atom. The second-order valence-electron chi connectivity index (χ2n) is 10.4. The van der Waals surface area contributed by atoms with Gasteiger partial charge in [-0.1, -0.05) is 40.2 Å². The number of pyridine rings is 1. The fourth-order valence-electron chi connectivity index (χ4n) is 5.45. The molecule has 3 heterocycles. The molecule has 1 aromatic heterocycles. The van der Waals surface area contributed by atoms with Crippen molar-refractivity contribution in [2.45, 2.75) is 50.7 Å². The molecule has 12 heteroatoms. The predicted octanol–water partition coefficient (Wildman–Crippen LogP) is 5.26. The first kappa shape index (κ1) is 29.3. The minimum atomic E-state index is -4.74. The van der Waals surface area contributed by atoms with Crippen LogP contribution in [0.3, 0.4) is 0 Å². The lowest BCUT2D eigenvalue weighted by atomic mass is 9.98. The van der Waals surface area contributed by atoms with Crippen LogP contribution in [0.1, 0.15) is 46.5 Å². The molecule has 0 spiro atoms. The van der Waals surface area contributed by atoms with Crippen molar-refractivity contribution in [2.24, 2.45) is 0 Å². The predicted molar refractivity (Wildman–Crippen MR) is 151 cm³/mol. The van der Waals surface area contributed by atoms with Crippen LogP contribution in [-0.2, 0) is 15.7 Å². The second kappa shape index (κ2) is 11.9. The molecular formula is C29H30BrF3N4O4. The number of carbonyl (C=O) groups is 2. The van der Waals surface area contributed by atoms with Gasteiger partial charge in [-0.15, -0.1) is 0 Å². The molecule has 2 aliphatic rings. The van der Waals surface area contributed by atoms with Crippen LogP contribution in [0.4, 0.5) is 18.9 Å². The zero-order valence-corrected chi connectivity index (χ0v) is 24.1. The summed E-state index contributed by atoms with van der Waals surface area (Å²) in [4.78, 5) is 32.7. The number of nitrogens with zero attached hydrogens (tertiary/aromatic N) is 2. The topological polar surface area (TPSA) is 92.8 Å². The molecule has 41 heavy (non-hydrogen) atoms. The molecule has 218 valence electrons. The number of amides is 2. The highest BCUT2D eigenvalue weighted by molar-refractivity contribution is 9.10.